The minimum absolute atomic E-state index is 0. The number of anilines is 1. The van der Waals surface area contributed by atoms with E-state index in [0.717, 1.165) is 37.8 Å². The highest BCUT2D eigenvalue weighted by Crippen LogP contribution is 2.58. The number of amides is 1. The topological polar surface area (TPSA) is 99.8 Å². The maximum Gasteiger partial charge on any atom is 0.274 e. The number of alkyl halides is 1. The molecule has 2 saturated carbocycles. The predicted molar refractivity (Wildman–Crippen MR) is 125 cm³/mol. The Morgan fingerprint density at radius 2 is 2.06 bits per heavy atom. The summed E-state index contributed by atoms with van der Waals surface area (Å²) in [5, 5.41) is 2.72. The van der Waals surface area contributed by atoms with Gasteiger partial charge in [0.25, 0.3) is 11.5 Å². The standard InChI is InChI=1S/C23H25N5O4.CH3F.H2/c1-22-11-23(12-22,13-31-22)17-10-28-9-15(18(29)24-16-7-4-8-27(2)20(16)30)19(26-21(28)25-17)32-14-5-3-6-14;1-2;/h4,7-10,14H,3,5-6,11-13H2,1-2H3,(H,24,29);1H3;1H. The molecule has 1 N–H and O–H groups in total. The van der Waals surface area contributed by atoms with E-state index in [1.54, 1.807) is 36.0 Å². The number of fused-ring (bicyclic) bond motifs is 2. The van der Waals surface area contributed by atoms with E-state index in [1.807, 2.05) is 6.20 Å². The van der Waals surface area contributed by atoms with Crippen molar-refractivity contribution in [2.45, 2.75) is 56.1 Å². The summed E-state index contributed by atoms with van der Waals surface area (Å²) >= 11 is 0. The number of ether oxygens (including phenoxy) is 2. The van der Waals surface area contributed by atoms with Crippen molar-refractivity contribution in [3.8, 4) is 5.88 Å². The number of rotatable bonds is 5. The molecule has 0 aromatic carbocycles. The van der Waals surface area contributed by atoms with Gasteiger partial charge in [0.05, 0.1) is 25.1 Å². The Hall–Kier alpha value is -3.27. The zero-order valence-corrected chi connectivity index (χ0v) is 19.5. The van der Waals surface area contributed by atoms with E-state index < -0.39 is 5.91 Å². The highest BCUT2D eigenvalue weighted by atomic mass is 19.1. The molecule has 0 spiro atoms. The average Bonchev–Trinajstić information content (AvgIpc) is 3.45. The Bertz CT molecular complexity index is 1310. The molecule has 3 aromatic heterocycles. The summed E-state index contributed by atoms with van der Waals surface area (Å²) in [4.78, 5) is 34.9. The van der Waals surface area contributed by atoms with E-state index in [9.17, 15) is 14.0 Å². The van der Waals surface area contributed by atoms with Gasteiger partial charge in [0.15, 0.2) is 0 Å². The molecule has 3 aromatic rings. The van der Waals surface area contributed by atoms with Crippen molar-refractivity contribution in [1.29, 1.82) is 0 Å². The van der Waals surface area contributed by atoms with Gasteiger partial charge in [0, 0.05) is 32.5 Å². The molecule has 182 valence electrons. The second-order valence-electron chi connectivity index (χ2n) is 9.63. The van der Waals surface area contributed by atoms with Crippen LogP contribution in [0.1, 0.15) is 56.5 Å². The summed E-state index contributed by atoms with van der Waals surface area (Å²) in [5.41, 5.74) is 1.01. The summed E-state index contributed by atoms with van der Waals surface area (Å²) < 4.78 is 24.7. The number of pyridine rings is 1. The largest absolute Gasteiger partial charge is 0.474 e. The number of carbonyl (C=O) groups excluding carboxylic acids is 1. The van der Waals surface area contributed by atoms with Crippen LogP contribution in [0.4, 0.5) is 10.1 Å². The van der Waals surface area contributed by atoms with Gasteiger partial charge in [-0.2, -0.15) is 4.98 Å². The third-order valence-electron chi connectivity index (χ3n) is 7.02. The number of carbonyl (C=O) groups is 1. The molecule has 1 amide bonds. The van der Waals surface area contributed by atoms with Crippen molar-refractivity contribution in [2.75, 3.05) is 19.1 Å². The molecule has 4 fully saturated rings. The van der Waals surface area contributed by atoms with Gasteiger partial charge in [-0.3, -0.25) is 18.4 Å². The Morgan fingerprint density at radius 1 is 1.29 bits per heavy atom. The molecule has 5 heterocycles. The number of halogens is 1. The molecule has 0 radical (unpaired) electrons. The van der Waals surface area contributed by atoms with Crippen LogP contribution in [0, 0.1) is 0 Å². The lowest BCUT2D eigenvalue weighted by atomic mass is 9.62. The minimum atomic E-state index is -0.439. The van der Waals surface area contributed by atoms with E-state index in [0.29, 0.717) is 19.6 Å². The van der Waals surface area contributed by atoms with Crippen LogP contribution >= 0.6 is 0 Å². The van der Waals surface area contributed by atoms with E-state index >= 15 is 0 Å². The number of aromatic nitrogens is 4. The van der Waals surface area contributed by atoms with Crippen LogP contribution in [-0.4, -0.2) is 50.3 Å². The Kier molecular flexibility index (Phi) is 5.43. The summed E-state index contributed by atoms with van der Waals surface area (Å²) in [5.74, 6) is 0.311. The van der Waals surface area contributed by atoms with Crippen LogP contribution in [0.3, 0.4) is 0 Å². The molecule has 9 nitrogen and oxygen atoms in total. The van der Waals surface area contributed by atoms with Gasteiger partial charge in [-0.15, -0.1) is 0 Å². The smallest absolute Gasteiger partial charge is 0.274 e. The van der Waals surface area contributed by atoms with E-state index in [4.69, 9.17) is 14.5 Å². The fourth-order valence-corrected chi connectivity index (χ4v) is 5.09. The second-order valence-corrected chi connectivity index (χ2v) is 9.63. The normalized spacial score (nSPS) is 25.2. The fourth-order valence-electron chi connectivity index (χ4n) is 5.09. The van der Waals surface area contributed by atoms with Crippen molar-refractivity contribution in [2.24, 2.45) is 7.05 Å². The summed E-state index contributed by atoms with van der Waals surface area (Å²) in [6.45, 7) is 2.79. The highest BCUT2D eigenvalue weighted by Gasteiger charge is 2.61. The molecular weight excluding hydrogens is 441 g/mol. The highest BCUT2D eigenvalue weighted by molar-refractivity contribution is 6.05. The Morgan fingerprint density at radius 3 is 2.71 bits per heavy atom. The first-order chi connectivity index (χ1) is 16.3. The van der Waals surface area contributed by atoms with Gasteiger partial charge >= 0.3 is 0 Å². The Labute approximate surface area is 197 Å². The van der Waals surface area contributed by atoms with Gasteiger partial charge in [0.2, 0.25) is 11.7 Å². The molecule has 2 aliphatic carbocycles. The van der Waals surface area contributed by atoms with Crippen molar-refractivity contribution < 1.29 is 20.1 Å². The van der Waals surface area contributed by atoms with Gasteiger partial charge in [-0.25, -0.2) is 4.98 Å². The second kappa shape index (κ2) is 8.19. The number of hydrogen-bond donors (Lipinski definition) is 1. The molecule has 0 atom stereocenters. The molecule has 2 aliphatic heterocycles. The zero-order valence-electron chi connectivity index (χ0n) is 19.5. The lowest BCUT2D eigenvalue weighted by molar-refractivity contribution is 0.0154. The van der Waals surface area contributed by atoms with Crippen molar-refractivity contribution in [3.63, 3.8) is 0 Å². The molecule has 2 saturated heterocycles. The number of imidazole rings is 1. The maximum absolute atomic E-state index is 13.2. The monoisotopic (exact) mass is 471 g/mol. The van der Waals surface area contributed by atoms with Gasteiger partial charge in [-0.1, -0.05) is 0 Å². The SMILES string of the molecule is CF.Cn1cccc(NC(=O)c2cn3cc(C45COC(C)(C4)C5)nc3nc2OC2CCC2)c1=O.[HH]. The summed E-state index contributed by atoms with van der Waals surface area (Å²) in [7, 11) is 2.14. The molecule has 10 heteroatoms. The Balaban J connectivity index is 0.000000940. The van der Waals surface area contributed by atoms with E-state index in [1.165, 1.54) is 4.57 Å². The summed E-state index contributed by atoms with van der Waals surface area (Å²) in [6, 6.07) is 3.29. The van der Waals surface area contributed by atoms with Crippen molar-refractivity contribution in [1.82, 2.24) is 18.9 Å². The lowest BCUT2D eigenvalue weighted by Gasteiger charge is -2.41. The first-order valence-corrected chi connectivity index (χ1v) is 11.4. The molecule has 7 rings (SSSR count). The van der Waals surface area contributed by atoms with Crippen molar-refractivity contribution >= 4 is 17.4 Å². The quantitative estimate of drug-likeness (QED) is 0.613. The molecule has 34 heavy (non-hydrogen) atoms. The third kappa shape index (κ3) is 3.66. The number of hydrogen-bond acceptors (Lipinski definition) is 6. The number of nitrogens with zero attached hydrogens (tertiary/aromatic N) is 4. The van der Waals surface area contributed by atoms with Crippen molar-refractivity contribution in [3.05, 3.63) is 52.3 Å². The lowest BCUT2D eigenvalue weighted by Crippen LogP contribution is -2.45. The molecule has 2 bridgehead atoms. The average molecular weight is 472 g/mol. The molecule has 4 aliphatic rings. The van der Waals surface area contributed by atoms with Gasteiger partial charge in [0.1, 0.15) is 17.4 Å². The van der Waals surface area contributed by atoms with Crippen LogP contribution in [0.15, 0.2) is 35.5 Å². The molecule has 0 unspecified atom stereocenters. The van der Waals surface area contributed by atoms with E-state index in [2.05, 4.69) is 17.2 Å². The zero-order chi connectivity index (χ0) is 24.1. The third-order valence-corrected chi connectivity index (χ3v) is 7.02. The van der Waals surface area contributed by atoms with Crippen LogP contribution in [-0.2, 0) is 17.2 Å². The first kappa shape index (κ1) is 22.5. The fraction of sp³-hybridized carbons (Fsp3) is 0.500. The van der Waals surface area contributed by atoms with Crippen LogP contribution in [0.2, 0.25) is 0 Å². The maximum atomic E-state index is 13.2. The van der Waals surface area contributed by atoms with Gasteiger partial charge < -0.3 is 19.4 Å². The van der Waals surface area contributed by atoms with Crippen LogP contribution in [0.25, 0.3) is 5.78 Å². The first-order valence-electron chi connectivity index (χ1n) is 11.4. The van der Waals surface area contributed by atoms with Gasteiger partial charge in [-0.05, 0) is 51.2 Å². The molecular formula is C24H30FN5O4. The summed E-state index contributed by atoms with van der Waals surface area (Å²) in [6.07, 6.45) is 10.2. The number of nitrogens with one attached hydrogen (secondary N) is 1. The van der Waals surface area contributed by atoms with Crippen LogP contribution < -0.4 is 15.6 Å². The number of aryl methyl sites for hydroxylation is 1. The minimum Gasteiger partial charge on any atom is -0.474 e. The van der Waals surface area contributed by atoms with Crippen LogP contribution in [0.5, 0.6) is 5.88 Å². The van der Waals surface area contributed by atoms with E-state index in [-0.39, 0.29) is 41.2 Å². The predicted octanol–water partition coefficient (Wildman–Crippen LogP) is 3.26.